The molecule has 1 saturated heterocycles. The van der Waals surface area contributed by atoms with Crippen LogP contribution in [-0.4, -0.2) is 39.3 Å². The number of likely N-dealkylation sites (tertiary alicyclic amines) is 1. The zero-order valence-corrected chi connectivity index (χ0v) is 12.8. The van der Waals surface area contributed by atoms with Gasteiger partial charge in [0.2, 0.25) is 0 Å². The van der Waals surface area contributed by atoms with Crippen molar-refractivity contribution in [2.24, 2.45) is 0 Å². The van der Waals surface area contributed by atoms with E-state index in [1.807, 2.05) is 6.07 Å². The van der Waals surface area contributed by atoms with Crippen LogP contribution < -0.4 is 0 Å². The van der Waals surface area contributed by atoms with Crippen LogP contribution in [0, 0.1) is 0 Å². The van der Waals surface area contributed by atoms with Gasteiger partial charge < -0.3 is 9.67 Å². The summed E-state index contributed by atoms with van der Waals surface area (Å²) in [6.07, 6.45) is 4.47. The molecule has 1 unspecified atom stereocenters. The number of para-hydroxylation sites is 2. The summed E-state index contributed by atoms with van der Waals surface area (Å²) < 4.78 is 2.32. The Morgan fingerprint density at radius 3 is 2.71 bits per heavy atom. The normalized spacial score (nSPS) is 17.6. The van der Waals surface area contributed by atoms with Gasteiger partial charge >= 0.3 is 0 Å². The quantitative estimate of drug-likeness (QED) is 0.888. The van der Waals surface area contributed by atoms with E-state index in [-0.39, 0.29) is 6.61 Å². The van der Waals surface area contributed by atoms with Gasteiger partial charge in [0.1, 0.15) is 5.82 Å². The summed E-state index contributed by atoms with van der Waals surface area (Å²) in [4.78, 5) is 7.49. The van der Waals surface area contributed by atoms with Crippen molar-refractivity contribution in [2.75, 3.05) is 19.7 Å². The molecule has 0 amide bonds. The first-order valence-electron chi connectivity index (χ1n) is 8.15. The molecule has 21 heavy (non-hydrogen) atoms. The van der Waals surface area contributed by atoms with E-state index in [0.717, 1.165) is 24.9 Å². The lowest BCUT2D eigenvalue weighted by Gasteiger charge is -2.26. The Labute approximate surface area is 126 Å². The standard InChI is InChI=1S/C17H25N3O/c1-2-15(19-10-5-6-11-19)17-18-14-8-3-4-9-16(14)20(17)12-7-13-21/h3-4,8-9,15,21H,2,5-7,10-13H2,1H3. The first-order chi connectivity index (χ1) is 10.3. The maximum atomic E-state index is 9.19. The Morgan fingerprint density at radius 1 is 1.24 bits per heavy atom. The molecule has 2 aromatic rings. The fraction of sp³-hybridized carbons (Fsp3) is 0.588. The summed E-state index contributed by atoms with van der Waals surface area (Å²) in [5.74, 6) is 1.18. The average Bonchev–Trinajstić information content (AvgIpc) is 3.14. The van der Waals surface area contributed by atoms with E-state index in [0.29, 0.717) is 6.04 Å². The zero-order valence-electron chi connectivity index (χ0n) is 12.8. The predicted molar refractivity (Wildman–Crippen MR) is 85.3 cm³/mol. The number of aromatic nitrogens is 2. The minimum absolute atomic E-state index is 0.229. The maximum absolute atomic E-state index is 9.19. The molecule has 0 spiro atoms. The molecule has 1 atom stereocenters. The molecular formula is C17H25N3O. The molecule has 0 aliphatic carbocycles. The second kappa shape index (κ2) is 6.58. The third-order valence-electron chi connectivity index (χ3n) is 4.49. The number of aliphatic hydroxyl groups excluding tert-OH is 1. The second-order valence-corrected chi connectivity index (χ2v) is 5.85. The largest absolute Gasteiger partial charge is 0.396 e. The lowest BCUT2D eigenvalue weighted by atomic mass is 10.2. The summed E-state index contributed by atoms with van der Waals surface area (Å²) in [5, 5.41) is 9.19. The van der Waals surface area contributed by atoms with Crippen molar-refractivity contribution < 1.29 is 5.11 Å². The first-order valence-corrected chi connectivity index (χ1v) is 8.15. The molecule has 1 aliphatic heterocycles. The highest BCUT2D eigenvalue weighted by Gasteiger charge is 2.26. The minimum Gasteiger partial charge on any atom is -0.396 e. The van der Waals surface area contributed by atoms with Crippen molar-refractivity contribution >= 4 is 11.0 Å². The smallest absolute Gasteiger partial charge is 0.127 e. The molecule has 1 N–H and O–H groups in total. The van der Waals surface area contributed by atoms with Crippen LogP contribution in [0.1, 0.15) is 44.5 Å². The Kier molecular flexibility index (Phi) is 4.56. The van der Waals surface area contributed by atoms with Crippen LogP contribution in [0.15, 0.2) is 24.3 Å². The van der Waals surface area contributed by atoms with E-state index < -0.39 is 0 Å². The van der Waals surface area contributed by atoms with Gasteiger partial charge in [-0.1, -0.05) is 19.1 Å². The van der Waals surface area contributed by atoms with Crippen molar-refractivity contribution in [1.29, 1.82) is 0 Å². The average molecular weight is 287 g/mol. The molecule has 0 saturated carbocycles. The molecule has 4 nitrogen and oxygen atoms in total. The Balaban J connectivity index is 2.02. The number of hydrogen-bond acceptors (Lipinski definition) is 3. The van der Waals surface area contributed by atoms with Crippen LogP contribution >= 0.6 is 0 Å². The number of imidazole rings is 1. The van der Waals surface area contributed by atoms with E-state index in [1.54, 1.807) is 0 Å². The lowest BCUT2D eigenvalue weighted by Crippen LogP contribution is -2.27. The fourth-order valence-corrected chi connectivity index (χ4v) is 3.47. The monoisotopic (exact) mass is 287 g/mol. The molecule has 0 radical (unpaired) electrons. The number of rotatable bonds is 6. The second-order valence-electron chi connectivity index (χ2n) is 5.85. The highest BCUT2D eigenvalue weighted by atomic mass is 16.3. The van der Waals surface area contributed by atoms with Crippen molar-refractivity contribution in [3.8, 4) is 0 Å². The number of nitrogens with zero attached hydrogens (tertiary/aromatic N) is 3. The predicted octanol–water partition coefficient (Wildman–Crippen LogP) is 2.97. The van der Waals surface area contributed by atoms with Gasteiger partial charge in [-0.3, -0.25) is 4.90 Å². The molecule has 114 valence electrons. The number of fused-ring (bicyclic) bond motifs is 1. The van der Waals surface area contributed by atoms with Gasteiger partial charge in [-0.2, -0.15) is 0 Å². The Hall–Kier alpha value is -1.39. The van der Waals surface area contributed by atoms with Gasteiger partial charge in [-0.15, -0.1) is 0 Å². The highest BCUT2D eigenvalue weighted by molar-refractivity contribution is 5.76. The first kappa shape index (κ1) is 14.5. The highest BCUT2D eigenvalue weighted by Crippen LogP contribution is 2.30. The van der Waals surface area contributed by atoms with Crippen molar-refractivity contribution in [2.45, 2.75) is 45.2 Å². The van der Waals surface area contributed by atoms with Crippen LogP contribution in [0.2, 0.25) is 0 Å². The summed E-state index contributed by atoms with van der Waals surface area (Å²) in [5.41, 5.74) is 2.27. The van der Waals surface area contributed by atoms with Gasteiger partial charge in [-0.25, -0.2) is 4.98 Å². The van der Waals surface area contributed by atoms with Crippen molar-refractivity contribution in [3.63, 3.8) is 0 Å². The van der Waals surface area contributed by atoms with Crippen LogP contribution in [0.25, 0.3) is 11.0 Å². The van der Waals surface area contributed by atoms with E-state index in [2.05, 4.69) is 34.6 Å². The van der Waals surface area contributed by atoms with Crippen LogP contribution in [0.5, 0.6) is 0 Å². The van der Waals surface area contributed by atoms with Gasteiger partial charge in [0, 0.05) is 13.2 Å². The number of benzene rings is 1. The lowest BCUT2D eigenvalue weighted by molar-refractivity contribution is 0.222. The number of hydrogen-bond donors (Lipinski definition) is 1. The Morgan fingerprint density at radius 2 is 2.00 bits per heavy atom. The van der Waals surface area contributed by atoms with Crippen molar-refractivity contribution in [3.05, 3.63) is 30.1 Å². The molecule has 0 bridgehead atoms. The molecular weight excluding hydrogens is 262 g/mol. The van der Waals surface area contributed by atoms with E-state index in [4.69, 9.17) is 4.98 Å². The zero-order chi connectivity index (χ0) is 14.7. The van der Waals surface area contributed by atoms with E-state index in [9.17, 15) is 5.11 Å². The third kappa shape index (κ3) is 2.83. The topological polar surface area (TPSA) is 41.3 Å². The molecule has 1 aromatic heterocycles. The number of aliphatic hydroxyl groups is 1. The minimum atomic E-state index is 0.229. The summed E-state index contributed by atoms with van der Waals surface area (Å²) in [7, 11) is 0. The maximum Gasteiger partial charge on any atom is 0.127 e. The molecule has 4 heteroatoms. The van der Waals surface area contributed by atoms with Crippen LogP contribution in [0.3, 0.4) is 0 Å². The summed E-state index contributed by atoms with van der Waals surface area (Å²) >= 11 is 0. The number of aryl methyl sites for hydroxylation is 1. The van der Waals surface area contributed by atoms with E-state index >= 15 is 0 Å². The Bertz CT molecular complexity index is 587. The molecule has 2 heterocycles. The summed E-state index contributed by atoms with van der Waals surface area (Å²) in [6.45, 7) is 5.69. The molecule has 1 aromatic carbocycles. The van der Waals surface area contributed by atoms with E-state index in [1.165, 1.54) is 37.3 Å². The molecule has 1 fully saturated rings. The van der Waals surface area contributed by atoms with Gasteiger partial charge in [0.05, 0.1) is 17.1 Å². The van der Waals surface area contributed by atoms with Gasteiger partial charge in [-0.05, 0) is 50.9 Å². The third-order valence-corrected chi connectivity index (χ3v) is 4.49. The van der Waals surface area contributed by atoms with Crippen LogP contribution in [-0.2, 0) is 6.54 Å². The molecule has 1 aliphatic rings. The van der Waals surface area contributed by atoms with Crippen LogP contribution in [0.4, 0.5) is 0 Å². The fourth-order valence-electron chi connectivity index (χ4n) is 3.47. The SMILES string of the molecule is CCC(c1nc2ccccc2n1CCCO)N1CCCC1. The van der Waals surface area contributed by atoms with Crippen molar-refractivity contribution in [1.82, 2.24) is 14.5 Å². The van der Waals surface area contributed by atoms with Gasteiger partial charge in [0.25, 0.3) is 0 Å². The molecule has 3 rings (SSSR count). The summed E-state index contributed by atoms with van der Waals surface area (Å²) in [6, 6.07) is 8.75. The van der Waals surface area contributed by atoms with Gasteiger partial charge in [0.15, 0.2) is 0 Å².